The number of carbonyl (C=O) groups is 2. The number of thiazole rings is 1. The predicted molar refractivity (Wildman–Crippen MR) is 116 cm³/mol. The van der Waals surface area contributed by atoms with Crippen LogP contribution in [0.5, 0.6) is 0 Å². The Labute approximate surface area is 187 Å². The molecule has 30 heavy (non-hydrogen) atoms. The highest BCUT2D eigenvalue weighted by Crippen LogP contribution is 2.29. The summed E-state index contributed by atoms with van der Waals surface area (Å²) < 4.78 is 5.23. The third-order valence-corrected chi connectivity index (χ3v) is 6.22. The third-order valence-electron chi connectivity index (χ3n) is 4.73. The summed E-state index contributed by atoms with van der Waals surface area (Å²) in [6.45, 7) is 0.809. The number of carbonyl (C=O) groups excluding carboxylic acids is 2. The van der Waals surface area contributed by atoms with Crippen molar-refractivity contribution in [1.29, 1.82) is 0 Å². The average Bonchev–Trinajstić information content (AvgIpc) is 3.50. The van der Waals surface area contributed by atoms with Gasteiger partial charge >= 0.3 is 0 Å². The van der Waals surface area contributed by atoms with Crippen molar-refractivity contribution in [1.82, 2.24) is 15.2 Å². The standard InChI is InChI=1S/C20H18Cl2N4O3S/c21-14-6-5-12(9-15(14)22)24-20-25-16(11-30-20)19(28)26-7-1-4-17(26)18(27)23-10-13-3-2-8-29-13/h2-3,5-6,8-9,11,17H,1,4,7,10H2,(H,23,27)(H,24,25)/t17-/m0/s1. The van der Waals surface area contributed by atoms with Crippen molar-refractivity contribution in [3.05, 3.63) is 63.5 Å². The van der Waals surface area contributed by atoms with Gasteiger partial charge in [0.15, 0.2) is 5.13 Å². The zero-order valence-electron chi connectivity index (χ0n) is 15.7. The summed E-state index contributed by atoms with van der Waals surface area (Å²) in [5.74, 6) is 0.211. The zero-order chi connectivity index (χ0) is 21.1. The lowest BCUT2D eigenvalue weighted by Crippen LogP contribution is -2.45. The molecular weight excluding hydrogens is 447 g/mol. The number of likely N-dealkylation sites (tertiary alicyclic amines) is 1. The SMILES string of the molecule is O=C(NCc1ccco1)[C@@H]1CCCN1C(=O)c1csc(Nc2ccc(Cl)c(Cl)c2)n1. The number of benzene rings is 1. The topological polar surface area (TPSA) is 87.5 Å². The van der Waals surface area contributed by atoms with Crippen LogP contribution in [0.2, 0.25) is 10.0 Å². The van der Waals surface area contributed by atoms with Crippen LogP contribution in [0.3, 0.4) is 0 Å². The molecule has 1 saturated heterocycles. The van der Waals surface area contributed by atoms with E-state index in [1.54, 1.807) is 46.9 Å². The van der Waals surface area contributed by atoms with Gasteiger partial charge in [-0.1, -0.05) is 23.2 Å². The first-order chi connectivity index (χ1) is 14.5. The van der Waals surface area contributed by atoms with E-state index in [4.69, 9.17) is 27.6 Å². The normalized spacial score (nSPS) is 15.9. The number of nitrogens with one attached hydrogen (secondary N) is 2. The maximum atomic E-state index is 13.0. The number of anilines is 2. The van der Waals surface area contributed by atoms with Gasteiger partial charge in [-0.05, 0) is 43.2 Å². The van der Waals surface area contributed by atoms with Crippen LogP contribution in [0.1, 0.15) is 29.1 Å². The van der Waals surface area contributed by atoms with Crippen molar-refractivity contribution >= 4 is 57.2 Å². The predicted octanol–water partition coefficient (Wildman–Crippen LogP) is 4.71. The van der Waals surface area contributed by atoms with Crippen LogP contribution in [0.15, 0.2) is 46.4 Å². The first-order valence-electron chi connectivity index (χ1n) is 9.30. The number of nitrogens with zero attached hydrogens (tertiary/aromatic N) is 2. The Morgan fingerprint density at radius 1 is 1.27 bits per heavy atom. The van der Waals surface area contributed by atoms with Gasteiger partial charge < -0.3 is 20.0 Å². The van der Waals surface area contributed by atoms with E-state index in [-0.39, 0.29) is 11.8 Å². The van der Waals surface area contributed by atoms with Gasteiger partial charge in [-0.3, -0.25) is 9.59 Å². The van der Waals surface area contributed by atoms with Crippen molar-refractivity contribution in [2.24, 2.45) is 0 Å². The van der Waals surface area contributed by atoms with Gasteiger partial charge in [0.25, 0.3) is 5.91 Å². The van der Waals surface area contributed by atoms with Gasteiger partial charge in [0.05, 0.1) is 22.9 Å². The van der Waals surface area contributed by atoms with Gasteiger partial charge in [0.2, 0.25) is 5.91 Å². The minimum Gasteiger partial charge on any atom is -0.467 e. The second-order valence-electron chi connectivity index (χ2n) is 6.75. The highest BCUT2D eigenvalue weighted by molar-refractivity contribution is 7.14. The Morgan fingerprint density at radius 2 is 2.13 bits per heavy atom. The molecule has 1 atom stereocenters. The number of rotatable bonds is 6. The van der Waals surface area contributed by atoms with Crippen molar-refractivity contribution < 1.29 is 14.0 Å². The Hall–Kier alpha value is -2.55. The van der Waals surface area contributed by atoms with Crippen LogP contribution in [0.4, 0.5) is 10.8 Å². The minimum atomic E-state index is -0.513. The summed E-state index contributed by atoms with van der Waals surface area (Å²) in [6.07, 6.45) is 2.94. The molecule has 1 aromatic carbocycles. The molecule has 1 fully saturated rings. The van der Waals surface area contributed by atoms with Crippen molar-refractivity contribution in [3.8, 4) is 0 Å². The Morgan fingerprint density at radius 3 is 2.90 bits per heavy atom. The molecule has 0 saturated carbocycles. The first-order valence-corrected chi connectivity index (χ1v) is 10.9. The third kappa shape index (κ3) is 4.61. The number of furan rings is 1. The molecule has 2 aromatic heterocycles. The maximum absolute atomic E-state index is 13.0. The summed E-state index contributed by atoms with van der Waals surface area (Å²) in [7, 11) is 0. The van der Waals surface area contributed by atoms with Crippen molar-refractivity contribution in [2.45, 2.75) is 25.4 Å². The number of hydrogen-bond donors (Lipinski definition) is 2. The Bertz CT molecular complexity index is 1050. The molecule has 0 radical (unpaired) electrons. The summed E-state index contributed by atoms with van der Waals surface area (Å²) in [5, 5.41) is 9.06. The van der Waals surface area contributed by atoms with E-state index in [0.29, 0.717) is 51.8 Å². The molecule has 2 N–H and O–H groups in total. The summed E-state index contributed by atoms with van der Waals surface area (Å²) in [6, 6.07) is 8.18. The van der Waals surface area contributed by atoms with Crippen molar-refractivity contribution in [2.75, 3.05) is 11.9 Å². The van der Waals surface area contributed by atoms with Crippen LogP contribution >= 0.6 is 34.5 Å². The van der Waals surface area contributed by atoms with E-state index in [0.717, 1.165) is 6.42 Å². The van der Waals surface area contributed by atoms with E-state index in [1.807, 2.05) is 0 Å². The maximum Gasteiger partial charge on any atom is 0.274 e. The molecule has 0 bridgehead atoms. The fraction of sp³-hybridized carbons (Fsp3) is 0.250. The summed E-state index contributed by atoms with van der Waals surface area (Å²) in [5.41, 5.74) is 1.02. The lowest BCUT2D eigenvalue weighted by Gasteiger charge is -2.23. The molecule has 10 heteroatoms. The van der Waals surface area contributed by atoms with E-state index in [1.165, 1.54) is 11.3 Å². The zero-order valence-corrected chi connectivity index (χ0v) is 18.1. The molecule has 0 spiro atoms. The fourth-order valence-electron chi connectivity index (χ4n) is 3.26. The monoisotopic (exact) mass is 464 g/mol. The van der Waals surface area contributed by atoms with E-state index >= 15 is 0 Å². The van der Waals surface area contributed by atoms with Crippen LogP contribution in [-0.2, 0) is 11.3 Å². The number of hydrogen-bond acceptors (Lipinski definition) is 6. The number of halogens is 2. The van der Waals surface area contributed by atoms with Crippen molar-refractivity contribution in [3.63, 3.8) is 0 Å². The molecule has 4 rings (SSSR count). The smallest absolute Gasteiger partial charge is 0.274 e. The highest BCUT2D eigenvalue weighted by Gasteiger charge is 2.35. The first kappa shape index (κ1) is 20.7. The van der Waals surface area contributed by atoms with Gasteiger partial charge in [-0.2, -0.15) is 0 Å². The lowest BCUT2D eigenvalue weighted by atomic mass is 10.2. The molecular formula is C20H18Cl2N4O3S. The van der Waals surface area contributed by atoms with E-state index in [9.17, 15) is 9.59 Å². The van der Waals surface area contributed by atoms with Crippen LogP contribution in [-0.4, -0.2) is 34.3 Å². The molecule has 156 valence electrons. The highest BCUT2D eigenvalue weighted by atomic mass is 35.5. The average molecular weight is 465 g/mol. The minimum absolute atomic E-state index is 0.193. The second-order valence-corrected chi connectivity index (χ2v) is 8.42. The quantitative estimate of drug-likeness (QED) is 0.551. The van der Waals surface area contributed by atoms with Crippen LogP contribution in [0.25, 0.3) is 0 Å². The van der Waals surface area contributed by atoms with Crippen LogP contribution in [0, 0.1) is 0 Å². The second kappa shape index (κ2) is 9.07. The molecule has 1 aliphatic heterocycles. The molecule has 0 unspecified atom stereocenters. The molecule has 0 aliphatic carbocycles. The molecule has 3 heterocycles. The van der Waals surface area contributed by atoms with Gasteiger partial charge in [0.1, 0.15) is 17.5 Å². The number of amides is 2. The molecule has 2 amide bonds. The lowest BCUT2D eigenvalue weighted by molar-refractivity contribution is -0.125. The fourth-order valence-corrected chi connectivity index (χ4v) is 4.26. The Balaban J connectivity index is 1.40. The van der Waals surface area contributed by atoms with Gasteiger partial charge in [-0.25, -0.2) is 4.98 Å². The van der Waals surface area contributed by atoms with E-state index < -0.39 is 6.04 Å². The van der Waals surface area contributed by atoms with Gasteiger partial charge in [-0.15, -0.1) is 11.3 Å². The summed E-state index contributed by atoms with van der Waals surface area (Å²) >= 11 is 13.3. The Kier molecular flexibility index (Phi) is 6.26. The molecule has 3 aromatic rings. The van der Waals surface area contributed by atoms with Crippen LogP contribution < -0.4 is 10.6 Å². The summed E-state index contributed by atoms with van der Waals surface area (Å²) in [4.78, 5) is 31.5. The van der Waals surface area contributed by atoms with Gasteiger partial charge in [0, 0.05) is 17.6 Å². The molecule has 7 nitrogen and oxygen atoms in total. The number of aromatic nitrogens is 1. The van der Waals surface area contributed by atoms with E-state index in [2.05, 4.69) is 15.6 Å². The molecule has 1 aliphatic rings. The largest absolute Gasteiger partial charge is 0.467 e.